The predicted octanol–water partition coefficient (Wildman–Crippen LogP) is 2.18. The Hall–Kier alpha value is 0.0700. The number of carbonyl (C=O) groups is 1. The minimum absolute atomic E-state index is 0. The second kappa shape index (κ2) is 7.49. The summed E-state index contributed by atoms with van der Waals surface area (Å²) in [7, 11) is 0. The molecule has 0 bridgehead atoms. The Morgan fingerprint density at radius 3 is 2.59 bits per heavy atom. The summed E-state index contributed by atoms with van der Waals surface area (Å²) >= 11 is 1.69. The SMILES string of the molecule is CC(C)(C)SCC(=O)NC1CCCC1CN.Cl. The predicted molar refractivity (Wildman–Crippen MR) is 77.8 cm³/mol. The molecule has 0 aromatic heterocycles. The molecule has 1 fully saturated rings. The van der Waals surface area contributed by atoms with E-state index in [1.54, 1.807) is 11.8 Å². The highest BCUT2D eigenvalue weighted by Gasteiger charge is 2.27. The lowest BCUT2D eigenvalue weighted by Crippen LogP contribution is -2.41. The summed E-state index contributed by atoms with van der Waals surface area (Å²) in [6, 6.07) is 0.318. The molecule has 2 unspecified atom stereocenters. The molecule has 0 spiro atoms. The van der Waals surface area contributed by atoms with E-state index in [0.717, 1.165) is 12.8 Å². The number of hydrogen-bond acceptors (Lipinski definition) is 3. The average molecular weight is 281 g/mol. The molecule has 0 heterocycles. The molecule has 3 nitrogen and oxygen atoms in total. The summed E-state index contributed by atoms with van der Waals surface area (Å²) in [5.41, 5.74) is 5.69. The van der Waals surface area contributed by atoms with Crippen LogP contribution in [0.15, 0.2) is 0 Å². The van der Waals surface area contributed by atoms with Gasteiger partial charge in [0, 0.05) is 10.8 Å². The summed E-state index contributed by atoms with van der Waals surface area (Å²) in [6.07, 6.45) is 3.45. The van der Waals surface area contributed by atoms with Crippen molar-refractivity contribution in [2.75, 3.05) is 12.3 Å². The van der Waals surface area contributed by atoms with E-state index in [9.17, 15) is 4.79 Å². The zero-order valence-corrected chi connectivity index (χ0v) is 12.6. The summed E-state index contributed by atoms with van der Waals surface area (Å²) < 4.78 is 0.153. The van der Waals surface area contributed by atoms with E-state index < -0.39 is 0 Å². The molecule has 0 aromatic rings. The van der Waals surface area contributed by atoms with Crippen LogP contribution in [0.4, 0.5) is 0 Å². The molecule has 0 saturated heterocycles. The van der Waals surface area contributed by atoms with Crippen LogP contribution in [0.3, 0.4) is 0 Å². The smallest absolute Gasteiger partial charge is 0.230 e. The molecular formula is C12H25ClN2OS. The van der Waals surface area contributed by atoms with E-state index in [1.807, 2.05) is 0 Å². The number of carbonyl (C=O) groups excluding carboxylic acids is 1. The van der Waals surface area contributed by atoms with Gasteiger partial charge in [0.1, 0.15) is 0 Å². The molecule has 2 atom stereocenters. The minimum atomic E-state index is 0. The molecule has 1 saturated carbocycles. The maximum absolute atomic E-state index is 11.7. The Kier molecular flexibility index (Phi) is 7.52. The average Bonchev–Trinajstić information content (AvgIpc) is 2.61. The van der Waals surface area contributed by atoms with Crippen molar-refractivity contribution in [1.82, 2.24) is 5.32 Å². The van der Waals surface area contributed by atoms with Crippen molar-refractivity contribution in [3.63, 3.8) is 0 Å². The Bertz CT molecular complexity index is 243. The van der Waals surface area contributed by atoms with E-state index in [0.29, 0.717) is 24.3 Å². The normalized spacial score (nSPS) is 24.2. The molecule has 0 radical (unpaired) electrons. The summed E-state index contributed by atoms with van der Waals surface area (Å²) in [4.78, 5) is 11.7. The molecule has 3 N–H and O–H groups in total. The number of halogens is 1. The lowest BCUT2D eigenvalue weighted by Gasteiger charge is -2.21. The quantitative estimate of drug-likeness (QED) is 0.830. The second-order valence-corrected chi connectivity index (χ2v) is 7.30. The molecule has 0 aliphatic heterocycles. The van der Waals surface area contributed by atoms with E-state index in [2.05, 4.69) is 26.1 Å². The number of thioether (sulfide) groups is 1. The van der Waals surface area contributed by atoms with Crippen molar-refractivity contribution in [3.8, 4) is 0 Å². The lowest BCUT2D eigenvalue weighted by atomic mass is 10.0. The third-order valence-corrected chi connectivity index (χ3v) is 4.22. The van der Waals surface area contributed by atoms with Crippen LogP contribution in [0, 0.1) is 5.92 Å². The van der Waals surface area contributed by atoms with E-state index >= 15 is 0 Å². The van der Waals surface area contributed by atoms with Gasteiger partial charge in [-0.15, -0.1) is 24.2 Å². The second-order valence-electron chi connectivity index (χ2n) is 5.50. The number of hydrogen-bond donors (Lipinski definition) is 2. The first-order valence-electron chi connectivity index (χ1n) is 6.06. The topological polar surface area (TPSA) is 55.1 Å². The summed E-state index contributed by atoms with van der Waals surface area (Å²) in [6.45, 7) is 7.08. The zero-order valence-electron chi connectivity index (χ0n) is 11.0. The van der Waals surface area contributed by atoms with Gasteiger partial charge in [-0.25, -0.2) is 0 Å². The molecule has 1 aliphatic carbocycles. The van der Waals surface area contributed by atoms with Crippen molar-refractivity contribution in [2.45, 2.75) is 50.8 Å². The number of rotatable bonds is 4. The van der Waals surface area contributed by atoms with E-state index in [1.165, 1.54) is 6.42 Å². The fraction of sp³-hybridized carbons (Fsp3) is 0.917. The first-order chi connectivity index (χ1) is 7.42. The van der Waals surface area contributed by atoms with Crippen molar-refractivity contribution in [2.24, 2.45) is 11.7 Å². The van der Waals surface area contributed by atoms with Gasteiger partial charge in [0.05, 0.1) is 5.75 Å². The Morgan fingerprint density at radius 1 is 1.41 bits per heavy atom. The highest BCUT2D eigenvalue weighted by Crippen LogP contribution is 2.26. The van der Waals surface area contributed by atoms with Crippen LogP contribution in [0.1, 0.15) is 40.0 Å². The molecule has 102 valence electrons. The van der Waals surface area contributed by atoms with Gasteiger partial charge in [-0.1, -0.05) is 27.2 Å². The maximum Gasteiger partial charge on any atom is 0.230 e. The van der Waals surface area contributed by atoms with E-state index in [-0.39, 0.29) is 23.1 Å². The minimum Gasteiger partial charge on any atom is -0.352 e. The standard InChI is InChI=1S/C12H24N2OS.ClH/c1-12(2,3)16-8-11(15)14-10-6-4-5-9(10)7-13;/h9-10H,4-8,13H2,1-3H3,(H,14,15);1H. The Labute approximate surface area is 115 Å². The first kappa shape index (κ1) is 17.1. The van der Waals surface area contributed by atoms with Crippen molar-refractivity contribution < 1.29 is 4.79 Å². The molecule has 1 aliphatic rings. The summed E-state index contributed by atoms with van der Waals surface area (Å²) in [5.74, 6) is 1.20. The zero-order chi connectivity index (χ0) is 12.2. The van der Waals surface area contributed by atoms with Crippen molar-refractivity contribution >= 4 is 30.1 Å². The molecule has 1 rings (SSSR count). The highest BCUT2D eigenvalue weighted by atomic mass is 35.5. The van der Waals surface area contributed by atoms with Crippen LogP contribution in [-0.2, 0) is 4.79 Å². The third-order valence-electron chi connectivity index (χ3n) is 2.94. The van der Waals surface area contributed by atoms with Gasteiger partial charge in [0.25, 0.3) is 0 Å². The first-order valence-corrected chi connectivity index (χ1v) is 7.04. The molecule has 0 aromatic carbocycles. The fourth-order valence-corrected chi connectivity index (χ4v) is 2.69. The van der Waals surface area contributed by atoms with Crippen LogP contribution in [-0.4, -0.2) is 29.0 Å². The molecule has 5 heteroatoms. The van der Waals surface area contributed by atoms with Gasteiger partial charge >= 0.3 is 0 Å². The fourth-order valence-electron chi connectivity index (χ4n) is 2.04. The number of amides is 1. The van der Waals surface area contributed by atoms with Crippen LogP contribution in [0.5, 0.6) is 0 Å². The molecule has 17 heavy (non-hydrogen) atoms. The monoisotopic (exact) mass is 280 g/mol. The van der Waals surface area contributed by atoms with Gasteiger partial charge < -0.3 is 11.1 Å². The lowest BCUT2D eigenvalue weighted by molar-refractivity contribution is -0.119. The largest absolute Gasteiger partial charge is 0.352 e. The van der Waals surface area contributed by atoms with Crippen molar-refractivity contribution in [3.05, 3.63) is 0 Å². The van der Waals surface area contributed by atoms with Gasteiger partial charge in [0.2, 0.25) is 5.91 Å². The highest BCUT2D eigenvalue weighted by molar-refractivity contribution is 8.01. The van der Waals surface area contributed by atoms with Crippen LogP contribution < -0.4 is 11.1 Å². The number of nitrogens with two attached hydrogens (primary N) is 1. The third kappa shape index (κ3) is 6.53. The number of nitrogens with one attached hydrogen (secondary N) is 1. The van der Waals surface area contributed by atoms with Gasteiger partial charge in [-0.3, -0.25) is 4.79 Å². The van der Waals surface area contributed by atoms with Crippen LogP contribution in [0.25, 0.3) is 0 Å². The van der Waals surface area contributed by atoms with Crippen LogP contribution in [0.2, 0.25) is 0 Å². The molecule has 1 amide bonds. The summed E-state index contributed by atoms with van der Waals surface area (Å²) in [5, 5.41) is 3.11. The van der Waals surface area contributed by atoms with Crippen molar-refractivity contribution in [1.29, 1.82) is 0 Å². The van der Waals surface area contributed by atoms with Gasteiger partial charge in [-0.2, -0.15) is 0 Å². The van der Waals surface area contributed by atoms with Gasteiger partial charge in [0.15, 0.2) is 0 Å². The van der Waals surface area contributed by atoms with Gasteiger partial charge in [-0.05, 0) is 25.3 Å². The van der Waals surface area contributed by atoms with E-state index in [4.69, 9.17) is 5.73 Å². The Morgan fingerprint density at radius 2 is 2.06 bits per heavy atom. The molecular weight excluding hydrogens is 256 g/mol. The maximum atomic E-state index is 11.7. The van der Waals surface area contributed by atoms with Crippen LogP contribution >= 0.6 is 24.2 Å². The Balaban J connectivity index is 0.00000256.